The van der Waals surface area contributed by atoms with Gasteiger partial charge in [0.05, 0.1) is 5.57 Å². The largest absolute Gasteiger partial charge is 0.488 e. The summed E-state index contributed by atoms with van der Waals surface area (Å²) in [7, 11) is 0. The Hall–Kier alpha value is -2.07. The number of ether oxygens (including phenoxy) is 1. The van der Waals surface area contributed by atoms with Crippen molar-refractivity contribution in [3.05, 3.63) is 63.1 Å². The molecule has 1 heterocycles. The molecule has 1 N–H and O–H groups in total. The summed E-state index contributed by atoms with van der Waals surface area (Å²) in [4.78, 5) is 12.5. The molecule has 3 nitrogen and oxygen atoms in total. The lowest BCUT2D eigenvalue weighted by Gasteiger charge is -2.18. The van der Waals surface area contributed by atoms with Gasteiger partial charge in [-0.2, -0.15) is 0 Å². The van der Waals surface area contributed by atoms with Crippen molar-refractivity contribution in [3.8, 4) is 5.75 Å². The van der Waals surface area contributed by atoms with Gasteiger partial charge in [0.25, 0.3) is 5.91 Å². The Morgan fingerprint density at radius 3 is 2.82 bits per heavy atom. The van der Waals surface area contributed by atoms with Crippen LogP contribution >= 0.6 is 15.9 Å². The monoisotopic (exact) mass is 357 g/mol. The van der Waals surface area contributed by atoms with Crippen molar-refractivity contribution in [1.82, 2.24) is 0 Å². The molecule has 0 radical (unpaired) electrons. The molecule has 3 rings (SSSR count). The molecule has 2 aromatic rings. The van der Waals surface area contributed by atoms with Gasteiger partial charge in [-0.3, -0.25) is 4.79 Å². The minimum atomic E-state index is -0.126. The second-order valence-corrected chi connectivity index (χ2v) is 6.33. The SMILES string of the molecule is Cc1ccc(C)c(NC(=O)C2=Cc3cc(Br)ccc3OC2)c1. The summed E-state index contributed by atoms with van der Waals surface area (Å²) >= 11 is 3.43. The van der Waals surface area contributed by atoms with Crippen LogP contribution in [0.15, 0.2) is 46.4 Å². The van der Waals surface area contributed by atoms with E-state index < -0.39 is 0 Å². The van der Waals surface area contributed by atoms with Crippen LogP contribution < -0.4 is 10.1 Å². The third-order valence-electron chi connectivity index (χ3n) is 3.62. The standard InChI is InChI=1S/C18H16BrNO2/c1-11-3-4-12(2)16(7-11)20-18(21)14-8-13-9-15(19)5-6-17(13)22-10-14/h3-9H,10H2,1-2H3,(H,20,21). The minimum Gasteiger partial charge on any atom is -0.488 e. The van der Waals surface area contributed by atoms with E-state index in [0.29, 0.717) is 5.57 Å². The van der Waals surface area contributed by atoms with Crippen LogP contribution in [-0.4, -0.2) is 12.5 Å². The van der Waals surface area contributed by atoms with Crippen LogP contribution in [0.25, 0.3) is 6.08 Å². The Morgan fingerprint density at radius 1 is 1.18 bits per heavy atom. The van der Waals surface area contributed by atoms with Crippen molar-refractivity contribution in [2.75, 3.05) is 11.9 Å². The normalized spacial score (nSPS) is 13.0. The number of carbonyl (C=O) groups is 1. The Morgan fingerprint density at radius 2 is 2.00 bits per heavy atom. The number of hydrogen-bond donors (Lipinski definition) is 1. The van der Waals surface area contributed by atoms with Crippen LogP contribution in [0, 0.1) is 13.8 Å². The van der Waals surface area contributed by atoms with Crippen LogP contribution in [-0.2, 0) is 4.79 Å². The van der Waals surface area contributed by atoms with Gasteiger partial charge in [-0.25, -0.2) is 0 Å². The van der Waals surface area contributed by atoms with Crippen molar-refractivity contribution < 1.29 is 9.53 Å². The molecule has 1 amide bonds. The van der Waals surface area contributed by atoms with E-state index in [4.69, 9.17) is 4.74 Å². The molecule has 0 atom stereocenters. The zero-order valence-electron chi connectivity index (χ0n) is 12.4. The van der Waals surface area contributed by atoms with E-state index in [9.17, 15) is 4.79 Å². The molecule has 22 heavy (non-hydrogen) atoms. The summed E-state index contributed by atoms with van der Waals surface area (Å²) in [6.07, 6.45) is 1.88. The minimum absolute atomic E-state index is 0.126. The lowest BCUT2D eigenvalue weighted by Crippen LogP contribution is -2.21. The van der Waals surface area contributed by atoms with Gasteiger partial charge in [0, 0.05) is 15.7 Å². The van der Waals surface area contributed by atoms with Gasteiger partial charge in [0.15, 0.2) is 0 Å². The lowest BCUT2D eigenvalue weighted by atomic mass is 10.1. The quantitative estimate of drug-likeness (QED) is 0.860. The number of hydrogen-bond acceptors (Lipinski definition) is 2. The fraction of sp³-hybridized carbons (Fsp3) is 0.167. The van der Waals surface area contributed by atoms with Gasteiger partial charge in [-0.1, -0.05) is 28.1 Å². The predicted molar refractivity (Wildman–Crippen MR) is 92.2 cm³/mol. The first-order chi connectivity index (χ1) is 10.5. The molecule has 0 aliphatic carbocycles. The van der Waals surface area contributed by atoms with Crippen LogP contribution in [0.1, 0.15) is 16.7 Å². The van der Waals surface area contributed by atoms with E-state index in [1.54, 1.807) is 0 Å². The number of rotatable bonds is 2. The van der Waals surface area contributed by atoms with Crippen molar-refractivity contribution >= 4 is 33.6 Å². The van der Waals surface area contributed by atoms with Gasteiger partial charge in [0.2, 0.25) is 0 Å². The predicted octanol–water partition coefficient (Wildman–Crippen LogP) is 4.48. The van der Waals surface area contributed by atoms with E-state index in [-0.39, 0.29) is 12.5 Å². The topological polar surface area (TPSA) is 38.3 Å². The molecule has 0 fully saturated rings. The average molecular weight is 358 g/mol. The molecule has 0 bridgehead atoms. The highest BCUT2D eigenvalue weighted by molar-refractivity contribution is 9.10. The molecular formula is C18H16BrNO2. The maximum absolute atomic E-state index is 12.5. The zero-order valence-corrected chi connectivity index (χ0v) is 14.0. The maximum Gasteiger partial charge on any atom is 0.255 e. The van der Waals surface area contributed by atoms with Gasteiger partial charge in [0.1, 0.15) is 12.4 Å². The Bertz CT molecular complexity index is 781. The number of carbonyl (C=O) groups excluding carboxylic acids is 1. The highest BCUT2D eigenvalue weighted by atomic mass is 79.9. The Balaban J connectivity index is 1.85. The summed E-state index contributed by atoms with van der Waals surface area (Å²) in [6.45, 7) is 4.27. The van der Waals surface area contributed by atoms with E-state index in [0.717, 1.165) is 32.6 Å². The van der Waals surface area contributed by atoms with Crippen LogP contribution in [0.2, 0.25) is 0 Å². The summed E-state index contributed by atoms with van der Waals surface area (Å²) < 4.78 is 6.61. The summed E-state index contributed by atoms with van der Waals surface area (Å²) in [5.41, 5.74) is 4.52. The van der Waals surface area contributed by atoms with E-state index in [2.05, 4.69) is 21.2 Å². The third kappa shape index (κ3) is 3.07. The molecule has 1 aliphatic rings. The summed E-state index contributed by atoms with van der Waals surface area (Å²) in [6, 6.07) is 11.8. The fourth-order valence-corrected chi connectivity index (χ4v) is 2.73. The molecule has 0 saturated heterocycles. The van der Waals surface area contributed by atoms with E-state index >= 15 is 0 Å². The van der Waals surface area contributed by atoms with Gasteiger partial charge in [-0.15, -0.1) is 0 Å². The number of nitrogens with one attached hydrogen (secondary N) is 1. The maximum atomic E-state index is 12.5. The molecule has 0 unspecified atom stereocenters. The first kappa shape index (κ1) is 14.9. The molecule has 0 aromatic heterocycles. The zero-order chi connectivity index (χ0) is 15.7. The highest BCUT2D eigenvalue weighted by Gasteiger charge is 2.18. The van der Waals surface area contributed by atoms with E-state index in [1.807, 2.05) is 56.3 Å². The lowest BCUT2D eigenvalue weighted by molar-refractivity contribution is -0.113. The summed E-state index contributed by atoms with van der Waals surface area (Å²) in [5, 5.41) is 2.97. The van der Waals surface area contributed by atoms with Gasteiger partial charge in [-0.05, 0) is 55.3 Å². The Labute approximate surface area is 138 Å². The highest BCUT2D eigenvalue weighted by Crippen LogP contribution is 2.29. The smallest absolute Gasteiger partial charge is 0.255 e. The second kappa shape index (κ2) is 5.97. The van der Waals surface area contributed by atoms with Crippen LogP contribution in [0.5, 0.6) is 5.75 Å². The van der Waals surface area contributed by atoms with Gasteiger partial charge >= 0.3 is 0 Å². The number of halogens is 1. The van der Waals surface area contributed by atoms with Crippen molar-refractivity contribution in [3.63, 3.8) is 0 Å². The molecule has 4 heteroatoms. The number of amides is 1. The second-order valence-electron chi connectivity index (χ2n) is 5.41. The molecule has 0 saturated carbocycles. The van der Waals surface area contributed by atoms with Crippen LogP contribution in [0.4, 0.5) is 5.69 Å². The van der Waals surface area contributed by atoms with Crippen molar-refractivity contribution in [2.24, 2.45) is 0 Å². The first-order valence-electron chi connectivity index (χ1n) is 7.04. The van der Waals surface area contributed by atoms with Crippen LogP contribution in [0.3, 0.4) is 0 Å². The fourth-order valence-electron chi connectivity index (χ4n) is 2.35. The molecule has 2 aromatic carbocycles. The Kier molecular flexibility index (Phi) is 4.03. The number of anilines is 1. The third-order valence-corrected chi connectivity index (χ3v) is 4.11. The number of fused-ring (bicyclic) bond motifs is 1. The van der Waals surface area contributed by atoms with Crippen molar-refractivity contribution in [1.29, 1.82) is 0 Å². The van der Waals surface area contributed by atoms with E-state index in [1.165, 1.54) is 0 Å². The number of benzene rings is 2. The molecule has 112 valence electrons. The first-order valence-corrected chi connectivity index (χ1v) is 7.84. The molecule has 0 spiro atoms. The number of aryl methyl sites for hydroxylation is 2. The summed E-state index contributed by atoms with van der Waals surface area (Å²) in [5.74, 6) is 0.672. The molecular weight excluding hydrogens is 342 g/mol. The molecule has 1 aliphatic heterocycles. The average Bonchev–Trinajstić information content (AvgIpc) is 2.50. The van der Waals surface area contributed by atoms with Crippen molar-refractivity contribution in [2.45, 2.75) is 13.8 Å². The van der Waals surface area contributed by atoms with Gasteiger partial charge < -0.3 is 10.1 Å².